The highest BCUT2D eigenvalue weighted by atomic mass is 35.5. The predicted molar refractivity (Wildman–Crippen MR) is 108 cm³/mol. The lowest BCUT2D eigenvalue weighted by atomic mass is 9.97. The quantitative estimate of drug-likeness (QED) is 0.303. The van der Waals surface area contributed by atoms with Gasteiger partial charge in [0.15, 0.2) is 0 Å². The lowest BCUT2D eigenvalue weighted by molar-refractivity contribution is -0.146. The highest BCUT2D eigenvalue weighted by Gasteiger charge is 2.20. The second-order valence-electron chi connectivity index (χ2n) is 5.98. The van der Waals surface area contributed by atoms with Gasteiger partial charge in [0.2, 0.25) is 0 Å². The first-order chi connectivity index (χ1) is 12.6. The van der Waals surface area contributed by atoms with E-state index in [0.717, 1.165) is 21.4 Å². The van der Waals surface area contributed by atoms with Gasteiger partial charge in [-0.05, 0) is 36.4 Å². The molecule has 0 aliphatic heterocycles. The minimum Gasteiger partial charge on any atom is -0.460 e. The van der Waals surface area contributed by atoms with Gasteiger partial charge in [-0.3, -0.25) is 4.79 Å². The van der Waals surface area contributed by atoms with Gasteiger partial charge in [-0.1, -0.05) is 54.9 Å². The SMILES string of the molecule is CC[C@@H](C(=O)OCc1cc2ccc(SC)cc2nc1Cl)c1ccccc1. The van der Waals surface area contributed by atoms with Gasteiger partial charge in [0, 0.05) is 15.8 Å². The van der Waals surface area contributed by atoms with Gasteiger partial charge in [-0.2, -0.15) is 0 Å². The summed E-state index contributed by atoms with van der Waals surface area (Å²) in [4.78, 5) is 18.1. The molecule has 1 atom stereocenters. The number of thioether (sulfide) groups is 1. The average molecular weight is 386 g/mol. The molecule has 0 bridgehead atoms. The first kappa shape index (κ1) is 18.7. The van der Waals surface area contributed by atoms with E-state index in [4.69, 9.17) is 16.3 Å². The van der Waals surface area contributed by atoms with Crippen molar-refractivity contribution in [1.82, 2.24) is 4.98 Å². The molecule has 3 aromatic rings. The van der Waals surface area contributed by atoms with Crippen LogP contribution in [0.3, 0.4) is 0 Å². The maximum atomic E-state index is 12.5. The molecule has 3 nitrogen and oxygen atoms in total. The van der Waals surface area contributed by atoms with Crippen molar-refractivity contribution < 1.29 is 9.53 Å². The molecule has 0 unspecified atom stereocenters. The monoisotopic (exact) mass is 385 g/mol. The minimum atomic E-state index is -0.271. The summed E-state index contributed by atoms with van der Waals surface area (Å²) < 4.78 is 5.54. The Labute approximate surface area is 162 Å². The van der Waals surface area contributed by atoms with Gasteiger partial charge in [0.25, 0.3) is 0 Å². The summed E-state index contributed by atoms with van der Waals surface area (Å²) in [7, 11) is 0. The molecule has 0 spiro atoms. The lowest BCUT2D eigenvalue weighted by Gasteiger charge is -2.15. The van der Waals surface area contributed by atoms with Crippen molar-refractivity contribution in [3.63, 3.8) is 0 Å². The minimum absolute atomic E-state index is 0.119. The molecular weight excluding hydrogens is 366 g/mol. The molecule has 2 aromatic carbocycles. The molecule has 1 aromatic heterocycles. The largest absolute Gasteiger partial charge is 0.460 e. The van der Waals surface area contributed by atoms with Crippen LogP contribution in [0.25, 0.3) is 10.9 Å². The number of carbonyl (C=O) groups is 1. The molecule has 0 radical (unpaired) electrons. The highest BCUT2D eigenvalue weighted by molar-refractivity contribution is 7.98. The zero-order valence-electron chi connectivity index (χ0n) is 14.7. The molecule has 0 saturated heterocycles. The number of rotatable bonds is 6. The molecule has 1 heterocycles. The molecule has 0 saturated carbocycles. The summed E-state index contributed by atoms with van der Waals surface area (Å²) in [6.07, 6.45) is 2.71. The first-order valence-electron chi connectivity index (χ1n) is 8.47. The number of benzene rings is 2. The molecular formula is C21H20ClNO2S. The molecule has 26 heavy (non-hydrogen) atoms. The second-order valence-corrected chi connectivity index (χ2v) is 7.21. The number of ether oxygens (including phenoxy) is 1. The Bertz CT molecular complexity index is 915. The summed E-state index contributed by atoms with van der Waals surface area (Å²) in [6, 6.07) is 17.7. The Morgan fingerprint density at radius 1 is 1.19 bits per heavy atom. The highest BCUT2D eigenvalue weighted by Crippen LogP contribution is 2.26. The molecule has 0 aliphatic rings. The predicted octanol–water partition coefficient (Wildman–Crippen LogP) is 5.85. The molecule has 134 valence electrons. The van der Waals surface area contributed by atoms with E-state index in [1.54, 1.807) is 11.8 Å². The number of nitrogens with zero attached hydrogens (tertiary/aromatic N) is 1. The van der Waals surface area contributed by atoms with Gasteiger partial charge < -0.3 is 4.74 Å². The molecule has 5 heteroatoms. The standard InChI is InChI=1S/C21H20ClNO2S/c1-3-18(14-7-5-4-6-8-14)21(24)25-13-16-11-15-9-10-17(26-2)12-19(15)23-20(16)22/h4-12,18H,3,13H2,1-2H3/t18-/m1/s1. The summed E-state index contributed by atoms with van der Waals surface area (Å²) >= 11 is 7.96. The van der Waals surface area contributed by atoms with Crippen molar-refractivity contribution in [3.05, 3.63) is 70.9 Å². The van der Waals surface area contributed by atoms with Crippen molar-refractivity contribution in [3.8, 4) is 0 Å². The van der Waals surface area contributed by atoms with Gasteiger partial charge in [-0.25, -0.2) is 4.98 Å². The zero-order chi connectivity index (χ0) is 18.5. The van der Waals surface area contributed by atoms with E-state index in [9.17, 15) is 4.79 Å². The maximum Gasteiger partial charge on any atom is 0.313 e. The van der Waals surface area contributed by atoms with Gasteiger partial charge in [-0.15, -0.1) is 11.8 Å². The summed E-state index contributed by atoms with van der Waals surface area (Å²) in [5.41, 5.74) is 2.52. The molecule has 0 fully saturated rings. The van der Waals surface area contributed by atoms with Crippen LogP contribution < -0.4 is 0 Å². The Hall–Kier alpha value is -2.04. The maximum absolute atomic E-state index is 12.5. The fourth-order valence-corrected chi connectivity index (χ4v) is 3.50. The van der Waals surface area contributed by atoms with E-state index in [1.165, 1.54) is 0 Å². The van der Waals surface area contributed by atoms with Crippen molar-refractivity contribution in [2.75, 3.05) is 6.26 Å². The number of pyridine rings is 1. The van der Waals surface area contributed by atoms with E-state index in [0.29, 0.717) is 17.1 Å². The van der Waals surface area contributed by atoms with Crippen molar-refractivity contribution in [2.45, 2.75) is 30.8 Å². The Kier molecular flexibility index (Phi) is 6.17. The summed E-state index contributed by atoms with van der Waals surface area (Å²) in [5, 5.41) is 1.35. The first-order valence-corrected chi connectivity index (χ1v) is 10.1. The third-order valence-corrected chi connectivity index (χ3v) is 5.37. The van der Waals surface area contributed by atoms with Crippen LogP contribution in [0.1, 0.15) is 30.4 Å². The molecule has 0 aliphatic carbocycles. The van der Waals surface area contributed by atoms with E-state index < -0.39 is 0 Å². The third kappa shape index (κ3) is 4.19. The van der Waals surface area contributed by atoms with Crippen LogP contribution in [0, 0.1) is 0 Å². The number of hydrogen-bond donors (Lipinski definition) is 0. The van der Waals surface area contributed by atoms with Crippen molar-refractivity contribution >= 4 is 40.2 Å². The number of aromatic nitrogens is 1. The fourth-order valence-electron chi connectivity index (χ4n) is 2.87. The average Bonchev–Trinajstić information content (AvgIpc) is 2.67. The normalized spacial score (nSPS) is 12.1. The van der Waals surface area contributed by atoms with Crippen LogP contribution in [0.4, 0.5) is 0 Å². The van der Waals surface area contributed by atoms with E-state index in [-0.39, 0.29) is 18.5 Å². The van der Waals surface area contributed by atoms with E-state index in [2.05, 4.69) is 4.98 Å². The van der Waals surface area contributed by atoms with E-state index in [1.807, 2.05) is 67.8 Å². The Morgan fingerprint density at radius 2 is 1.96 bits per heavy atom. The fraction of sp³-hybridized carbons (Fsp3) is 0.238. The van der Waals surface area contributed by atoms with Crippen LogP contribution >= 0.6 is 23.4 Å². The van der Waals surface area contributed by atoms with Crippen molar-refractivity contribution in [2.24, 2.45) is 0 Å². The van der Waals surface area contributed by atoms with Crippen LogP contribution in [0.15, 0.2) is 59.5 Å². The number of hydrogen-bond acceptors (Lipinski definition) is 4. The van der Waals surface area contributed by atoms with Gasteiger partial charge in [0.05, 0.1) is 11.4 Å². The van der Waals surface area contributed by atoms with Crippen LogP contribution in [0.5, 0.6) is 0 Å². The lowest BCUT2D eigenvalue weighted by Crippen LogP contribution is -2.15. The number of halogens is 1. The van der Waals surface area contributed by atoms with Gasteiger partial charge >= 0.3 is 5.97 Å². The van der Waals surface area contributed by atoms with Crippen LogP contribution in [-0.2, 0) is 16.1 Å². The third-order valence-electron chi connectivity index (χ3n) is 4.32. The summed E-state index contributed by atoms with van der Waals surface area (Å²) in [5.74, 6) is -0.514. The molecule has 3 rings (SSSR count). The smallest absolute Gasteiger partial charge is 0.313 e. The Morgan fingerprint density at radius 3 is 2.65 bits per heavy atom. The Balaban J connectivity index is 1.76. The number of carbonyl (C=O) groups excluding carboxylic acids is 1. The molecule has 0 amide bonds. The molecule has 0 N–H and O–H groups in total. The zero-order valence-corrected chi connectivity index (χ0v) is 16.3. The van der Waals surface area contributed by atoms with E-state index >= 15 is 0 Å². The summed E-state index contributed by atoms with van der Waals surface area (Å²) in [6.45, 7) is 2.10. The topological polar surface area (TPSA) is 39.2 Å². The van der Waals surface area contributed by atoms with Crippen LogP contribution in [0.2, 0.25) is 5.15 Å². The number of fused-ring (bicyclic) bond motifs is 1. The second kappa shape index (κ2) is 8.56. The van der Waals surface area contributed by atoms with Gasteiger partial charge in [0.1, 0.15) is 11.8 Å². The number of esters is 1. The van der Waals surface area contributed by atoms with Crippen molar-refractivity contribution in [1.29, 1.82) is 0 Å². The van der Waals surface area contributed by atoms with Crippen LogP contribution in [-0.4, -0.2) is 17.2 Å².